The fourth-order valence-corrected chi connectivity index (χ4v) is 25.8. The fraction of sp³-hybridized carbons (Fsp3) is 0.584. The lowest BCUT2D eigenvalue weighted by Crippen LogP contribution is -2.46. The van der Waals surface area contributed by atoms with Crippen LogP contribution in [0.25, 0.3) is 4.85 Å². The molecule has 49 heteroatoms. The van der Waals surface area contributed by atoms with Crippen LogP contribution < -0.4 is 0 Å². The van der Waals surface area contributed by atoms with Gasteiger partial charge in [-0.15, -0.1) is 0 Å². The molecule has 7 heterocycles. The topological polar surface area (TPSA) is 699 Å². The predicted octanol–water partition coefficient (Wildman–Crippen LogP) is 1.95. The third-order valence-corrected chi connectivity index (χ3v) is 32.0. The number of esters is 21. The van der Waals surface area contributed by atoms with E-state index in [2.05, 4.69) is 106 Å². The lowest BCUT2D eigenvalue weighted by molar-refractivity contribution is -0.175. The number of carbonyl (C=O) groups excluding carboxylic acids is 21. The molecule has 37 atom stereocenters. The van der Waals surface area contributed by atoms with E-state index in [0.717, 1.165) is 24.3 Å². The third kappa shape index (κ3) is 19.3. The van der Waals surface area contributed by atoms with Gasteiger partial charge in [0.1, 0.15) is 61.0 Å². The Morgan fingerprint density at radius 2 is 0.667 bits per heavy atom. The second-order valence-electron chi connectivity index (χ2n) is 40.1. The molecule has 14 saturated carbocycles. The predicted molar refractivity (Wildman–Crippen MR) is 471 cm³/mol. The molecule has 14 aliphatic carbocycles. The maximum atomic E-state index is 11.9. The van der Waals surface area contributed by atoms with E-state index in [1.165, 1.54) is 20.8 Å². The molecular formula is C101H97N7O42. The summed E-state index contributed by atoms with van der Waals surface area (Å²) in [7, 11) is 0. The fourth-order valence-electron chi connectivity index (χ4n) is 25.8. The van der Waals surface area contributed by atoms with E-state index in [-0.39, 0.29) is 135 Å². The van der Waals surface area contributed by atoms with Gasteiger partial charge in [-0.05, 0) is 97.8 Å². The molecule has 0 aromatic carbocycles. The van der Waals surface area contributed by atoms with Crippen LogP contribution in [0.3, 0.4) is 0 Å². The Bertz CT molecular complexity index is 6150. The quantitative estimate of drug-likeness (QED) is 0.0467. The molecule has 0 N–H and O–H groups in total. The van der Waals surface area contributed by atoms with E-state index in [0.29, 0.717) is 77.0 Å². The van der Waals surface area contributed by atoms with Gasteiger partial charge in [-0.2, -0.15) is 31.6 Å². The van der Waals surface area contributed by atoms with Crippen molar-refractivity contribution < 1.29 is 200 Å². The first kappa shape index (κ1) is 108. The normalized spacial score (nSPS) is 38.0. The van der Waals surface area contributed by atoms with Crippen LogP contribution in [0, 0.1) is 209 Å². The summed E-state index contributed by atoms with van der Waals surface area (Å²) in [6.45, 7) is 31.1. The van der Waals surface area contributed by atoms with Crippen molar-refractivity contribution in [2.24, 2.45) is 134 Å². The number of fused-ring (bicyclic) bond motifs is 7. The van der Waals surface area contributed by atoms with Crippen LogP contribution in [-0.4, -0.2) is 257 Å². The van der Waals surface area contributed by atoms with E-state index in [1.54, 1.807) is 0 Å². The molecule has 150 heavy (non-hydrogen) atoms. The minimum absolute atomic E-state index is 0.0549. The molecular weight excluding hydrogens is 1980 g/mol. The van der Waals surface area contributed by atoms with E-state index in [4.69, 9.17) is 87.1 Å². The highest BCUT2D eigenvalue weighted by Crippen LogP contribution is 2.68. The highest BCUT2D eigenvalue weighted by molar-refractivity contribution is 5.93. The van der Waals surface area contributed by atoms with Crippen LogP contribution in [0.5, 0.6) is 0 Å². The van der Waals surface area contributed by atoms with Gasteiger partial charge in [0.25, 0.3) is 0 Å². The number of ether oxygens (including phenoxy) is 21. The summed E-state index contributed by atoms with van der Waals surface area (Å²) in [5, 5.41) is 55.9. The molecule has 0 aromatic rings. The summed E-state index contributed by atoms with van der Waals surface area (Å²) >= 11 is 0. The number of carbonyl (C=O) groups is 21. The molecule has 7 saturated heterocycles. The molecule has 0 spiro atoms. The van der Waals surface area contributed by atoms with E-state index in [9.17, 15) is 132 Å². The molecule has 788 valence electrons. The van der Waals surface area contributed by atoms with Crippen LogP contribution in [0.15, 0.2) is 87.1 Å². The lowest BCUT2D eigenvalue weighted by atomic mass is 9.75. The highest BCUT2D eigenvalue weighted by atomic mass is 16.7. The van der Waals surface area contributed by atoms with Gasteiger partial charge in [0.15, 0.2) is 69.3 Å². The maximum Gasteiger partial charge on any atom is 0.418 e. The Balaban J connectivity index is 0.000000131. The third-order valence-electron chi connectivity index (χ3n) is 32.0. The van der Waals surface area contributed by atoms with Crippen molar-refractivity contribution in [2.45, 2.75) is 183 Å². The smallest absolute Gasteiger partial charge is 0.418 e. The monoisotopic (exact) mass is 2080 g/mol. The Hall–Kier alpha value is -16.5. The summed E-state index contributed by atoms with van der Waals surface area (Å²) in [6, 6.07) is 12.8. The first-order chi connectivity index (χ1) is 71.3. The van der Waals surface area contributed by atoms with E-state index < -0.39 is 272 Å². The summed E-state index contributed by atoms with van der Waals surface area (Å²) in [5.74, 6) is -16.8. The lowest BCUT2D eigenvalue weighted by Gasteiger charge is -2.30. The number of nitriles is 6. The molecule has 21 fully saturated rings. The van der Waals surface area contributed by atoms with Crippen molar-refractivity contribution in [3.63, 3.8) is 0 Å². The van der Waals surface area contributed by atoms with Crippen LogP contribution in [-0.2, 0) is 200 Å². The highest BCUT2D eigenvalue weighted by Gasteiger charge is 2.80. The number of hydrogen-bond donors (Lipinski definition) is 0. The first-order valence-electron chi connectivity index (χ1n) is 47.6. The van der Waals surface area contributed by atoms with Gasteiger partial charge in [0.05, 0.1) is 94.6 Å². The summed E-state index contributed by atoms with van der Waals surface area (Å²) in [6.07, 6.45) is 2.01. The van der Waals surface area contributed by atoms with Crippen molar-refractivity contribution >= 4 is 125 Å². The van der Waals surface area contributed by atoms with Crippen molar-refractivity contribution in [1.82, 2.24) is 0 Å². The van der Waals surface area contributed by atoms with Gasteiger partial charge < -0.3 is 99.5 Å². The zero-order chi connectivity index (χ0) is 109. The van der Waals surface area contributed by atoms with Crippen molar-refractivity contribution in [3.05, 3.63) is 98.5 Å². The zero-order valence-corrected chi connectivity index (χ0v) is 80.4. The van der Waals surface area contributed by atoms with Gasteiger partial charge in [-0.25, -0.2) is 73.7 Å². The number of rotatable bonds is 28. The van der Waals surface area contributed by atoms with E-state index >= 15 is 0 Å². The van der Waals surface area contributed by atoms with Crippen molar-refractivity contribution in [1.29, 1.82) is 31.6 Å². The van der Waals surface area contributed by atoms with Crippen LogP contribution >= 0.6 is 0 Å². The molecule has 14 bridgehead atoms. The standard InChI is InChI=1S/3C15H15NO6.4C14H13NO6/c1-7(2)13(18)20-5-10(17)21-12-11-8-3-15(12,6-16)4-9(8)14(19)22-11;1-7(2)13(18)20-5-10(17)21-11-8-3-9-12(11)22-14(19)15(9,4-8)6-16;1-6(2)14(18)20-5-10(17)21-12-7-3-8-11(9(7)4-16)15(19)22-13(8)12;1-3-10(16)19-6-11(17)20-12-7-4-8-9(5-7)14(12,15-2)21-13(8)18;1-2-9(16)19-5-10(17)20-12-11-7-3-14(12,6-15)4-8(7)13(18)21-11;1-2-9(16)19-5-10(17)20-11-7-3-8-12(11)21-13(18)14(8,4-7)6-15;1-2-9(16)19-5-10(17)20-12-6-3-7-11(8(6)4-15)14(18)21-13(7)12/h2*8-9,11-12H,1,3-5H2,2H3;7-9,11-13H,1,3,5H2,2H3;3,7-9,12H,1,4-6H2;2*2,7-8,11-12H,1,3-5H2;2,6-8,11-13H,1,3,5H2. The Kier molecular flexibility index (Phi) is 30.4. The second-order valence-corrected chi connectivity index (χ2v) is 40.1. The molecule has 21 aliphatic rings. The second kappa shape index (κ2) is 42.4. The summed E-state index contributed by atoms with van der Waals surface area (Å²) < 4.78 is 106. The maximum absolute atomic E-state index is 11.9. The largest absolute Gasteiger partial charge is 0.458 e. The van der Waals surface area contributed by atoms with Crippen molar-refractivity contribution in [2.75, 3.05) is 46.2 Å². The SMILES string of the molecule is C=C(C)C(=O)OCC(=O)OC1C2CC3C1OC(=O)C3(C#N)C2.C=C(C)C(=O)OCC(=O)OC1C2CC3C1OC(=O)C3C2C#N.C=C(C)C(=O)OCC(=O)OC1C2OC(=O)C3CC1(C#N)CC32.C=CC(=O)OCC(=O)OC1C2CC3C1OC(=O)C3(C#N)C2.C=CC(=O)OCC(=O)OC1C2CC3C1OC(=O)C3C2C#N.C=CC(=O)OCC(=O)OC1C2OC(=O)C3CC1(C#N)CC32.[C-]#[N+]C12OC(=O)C3CC(CC31)C2OC(=O)COC(=O)C=C. The number of hydrogen-bond acceptors (Lipinski definition) is 48. The van der Waals surface area contributed by atoms with Gasteiger partial charge in [0.2, 0.25) is 6.10 Å². The molecule has 21 rings (SSSR count). The van der Waals surface area contributed by atoms with Gasteiger partial charge in [-0.3, -0.25) is 38.4 Å². The molecule has 0 radical (unpaired) electrons. The molecule has 0 aromatic heterocycles. The zero-order valence-electron chi connectivity index (χ0n) is 80.4. The Morgan fingerprint density at radius 1 is 0.347 bits per heavy atom. The molecule has 0 amide bonds. The number of nitrogens with zero attached hydrogens (tertiary/aromatic N) is 7. The summed E-state index contributed by atoms with van der Waals surface area (Å²) in [4.78, 5) is 245. The van der Waals surface area contributed by atoms with E-state index in [1.807, 2.05) is 0 Å². The average Bonchev–Trinajstić information content (AvgIpc) is 1.82. The Morgan fingerprint density at radius 3 is 0.987 bits per heavy atom. The minimum Gasteiger partial charge on any atom is -0.458 e. The van der Waals surface area contributed by atoms with Crippen LogP contribution in [0.4, 0.5) is 0 Å². The minimum atomic E-state index is -1.39. The first-order valence-corrected chi connectivity index (χ1v) is 47.6. The molecule has 49 nitrogen and oxygen atoms in total. The molecule has 7 aliphatic heterocycles. The Labute approximate surface area is 851 Å². The molecule has 37 unspecified atom stereocenters. The van der Waals surface area contributed by atoms with Gasteiger partial charge >= 0.3 is 131 Å². The van der Waals surface area contributed by atoms with Crippen LogP contribution in [0.2, 0.25) is 0 Å². The van der Waals surface area contributed by atoms with Crippen LogP contribution in [0.1, 0.15) is 97.8 Å². The van der Waals surface area contributed by atoms with Crippen molar-refractivity contribution in [3.8, 4) is 36.4 Å². The summed E-state index contributed by atoms with van der Waals surface area (Å²) in [5.41, 5.74) is -4.71. The average molecular weight is 2080 g/mol. The van der Waals surface area contributed by atoms with Gasteiger partial charge in [0, 0.05) is 106 Å². The van der Waals surface area contributed by atoms with Gasteiger partial charge in [-0.1, -0.05) is 46.1 Å².